The van der Waals surface area contributed by atoms with Gasteiger partial charge in [-0.2, -0.15) is 0 Å². The molecule has 0 radical (unpaired) electrons. The van der Waals surface area contributed by atoms with Crippen molar-refractivity contribution in [2.75, 3.05) is 14.2 Å². The highest BCUT2D eigenvalue weighted by atomic mass is 35.5. The third-order valence-corrected chi connectivity index (χ3v) is 4.97. The van der Waals surface area contributed by atoms with Crippen molar-refractivity contribution < 1.29 is 22.7 Å². The van der Waals surface area contributed by atoms with E-state index in [0.29, 0.717) is 27.1 Å². The van der Waals surface area contributed by atoms with E-state index in [1.807, 2.05) is 4.72 Å². The Labute approximate surface area is 161 Å². The van der Waals surface area contributed by atoms with Crippen LogP contribution >= 0.6 is 23.2 Å². The molecule has 0 aliphatic rings. The first-order valence-corrected chi connectivity index (χ1v) is 9.48. The van der Waals surface area contributed by atoms with Gasteiger partial charge in [0.25, 0.3) is 15.9 Å². The molecule has 0 atom stereocenters. The molecule has 0 bridgehead atoms. The van der Waals surface area contributed by atoms with Crippen LogP contribution in [0.25, 0.3) is 6.08 Å². The maximum atomic E-state index is 12.2. The van der Waals surface area contributed by atoms with E-state index in [9.17, 15) is 13.2 Å². The SMILES string of the molecule is COc1ccc(C(=O)NS(=O)(=O)/C=C/c2ccc(Cl)c(Cl)c2)cc1OC. The van der Waals surface area contributed by atoms with Crippen LogP contribution in [0, 0.1) is 0 Å². The molecule has 26 heavy (non-hydrogen) atoms. The Balaban J connectivity index is 2.16. The number of carbonyl (C=O) groups is 1. The number of rotatable bonds is 6. The average molecular weight is 416 g/mol. The third-order valence-electron chi connectivity index (χ3n) is 3.26. The van der Waals surface area contributed by atoms with Gasteiger partial charge in [-0.05, 0) is 42.0 Å². The Morgan fingerprint density at radius 2 is 1.69 bits per heavy atom. The second-order valence-corrected chi connectivity index (χ2v) is 7.40. The third kappa shape index (κ3) is 5.14. The minimum atomic E-state index is -4.01. The molecule has 0 aliphatic heterocycles. The van der Waals surface area contributed by atoms with Gasteiger partial charge in [0.05, 0.1) is 29.7 Å². The molecule has 0 heterocycles. The van der Waals surface area contributed by atoms with E-state index >= 15 is 0 Å². The van der Waals surface area contributed by atoms with E-state index in [1.54, 1.807) is 12.1 Å². The molecular weight excluding hydrogens is 401 g/mol. The highest BCUT2D eigenvalue weighted by Crippen LogP contribution is 2.27. The molecular formula is C17H15Cl2NO5S. The van der Waals surface area contributed by atoms with Crippen LogP contribution in [0.1, 0.15) is 15.9 Å². The molecule has 2 aromatic carbocycles. The van der Waals surface area contributed by atoms with Crippen molar-refractivity contribution >= 4 is 45.2 Å². The number of carbonyl (C=O) groups excluding carboxylic acids is 1. The summed E-state index contributed by atoms with van der Waals surface area (Å²) in [5.41, 5.74) is 0.623. The molecule has 0 aliphatic carbocycles. The topological polar surface area (TPSA) is 81.7 Å². The van der Waals surface area contributed by atoms with Crippen molar-refractivity contribution in [3.05, 3.63) is 63.0 Å². The van der Waals surface area contributed by atoms with Crippen molar-refractivity contribution in [2.24, 2.45) is 0 Å². The Morgan fingerprint density at radius 1 is 1.00 bits per heavy atom. The van der Waals surface area contributed by atoms with Gasteiger partial charge >= 0.3 is 0 Å². The molecule has 0 saturated carbocycles. The molecule has 0 spiro atoms. The van der Waals surface area contributed by atoms with Crippen LogP contribution in [0.3, 0.4) is 0 Å². The van der Waals surface area contributed by atoms with Crippen LogP contribution in [0.4, 0.5) is 0 Å². The van der Waals surface area contributed by atoms with Crippen molar-refractivity contribution in [3.8, 4) is 11.5 Å². The van der Waals surface area contributed by atoms with Gasteiger partial charge < -0.3 is 9.47 Å². The number of amides is 1. The van der Waals surface area contributed by atoms with Gasteiger partial charge in [0.1, 0.15) is 0 Å². The van der Waals surface area contributed by atoms with Gasteiger partial charge in [-0.3, -0.25) is 4.79 Å². The van der Waals surface area contributed by atoms with E-state index in [-0.39, 0.29) is 5.56 Å². The summed E-state index contributed by atoms with van der Waals surface area (Å²) in [6.45, 7) is 0. The predicted molar refractivity (Wildman–Crippen MR) is 101 cm³/mol. The maximum Gasteiger partial charge on any atom is 0.265 e. The van der Waals surface area contributed by atoms with Crippen LogP contribution in [-0.2, 0) is 10.0 Å². The van der Waals surface area contributed by atoms with Gasteiger partial charge in [-0.1, -0.05) is 29.3 Å². The van der Waals surface area contributed by atoms with E-state index in [0.717, 1.165) is 5.41 Å². The van der Waals surface area contributed by atoms with Crippen LogP contribution < -0.4 is 14.2 Å². The normalized spacial score (nSPS) is 11.4. The molecule has 2 aromatic rings. The van der Waals surface area contributed by atoms with Crippen LogP contribution in [0.2, 0.25) is 10.0 Å². The maximum absolute atomic E-state index is 12.2. The van der Waals surface area contributed by atoms with Crippen molar-refractivity contribution in [1.82, 2.24) is 4.72 Å². The zero-order valence-electron chi connectivity index (χ0n) is 13.8. The van der Waals surface area contributed by atoms with Crippen molar-refractivity contribution in [3.63, 3.8) is 0 Å². The predicted octanol–water partition coefficient (Wildman–Crippen LogP) is 3.74. The number of sulfonamides is 1. The fourth-order valence-corrected chi connectivity index (χ4v) is 3.07. The molecule has 6 nitrogen and oxygen atoms in total. The summed E-state index contributed by atoms with van der Waals surface area (Å²) in [5.74, 6) is -0.0694. The molecule has 0 unspecified atom stereocenters. The summed E-state index contributed by atoms with van der Waals surface area (Å²) >= 11 is 11.7. The lowest BCUT2D eigenvalue weighted by Crippen LogP contribution is -2.28. The summed E-state index contributed by atoms with van der Waals surface area (Å²) in [6.07, 6.45) is 1.30. The molecule has 1 amide bonds. The zero-order chi connectivity index (χ0) is 19.3. The van der Waals surface area contributed by atoms with E-state index in [2.05, 4.69) is 0 Å². The summed E-state index contributed by atoms with van der Waals surface area (Å²) in [7, 11) is -1.15. The fourth-order valence-electron chi connectivity index (χ4n) is 1.98. The monoisotopic (exact) mass is 415 g/mol. The van der Waals surface area contributed by atoms with Gasteiger partial charge in [-0.15, -0.1) is 0 Å². The van der Waals surface area contributed by atoms with Gasteiger partial charge in [0.15, 0.2) is 11.5 Å². The van der Waals surface area contributed by atoms with Crippen LogP contribution in [0.5, 0.6) is 11.5 Å². The molecule has 9 heteroatoms. The fraction of sp³-hybridized carbons (Fsp3) is 0.118. The summed E-state index contributed by atoms with van der Waals surface area (Å²) in [5, 5.41) is 1.51. The lowest BCUT2D eigenvalue weighted by atomic mass is 10.2. The van der Waals surface area contributed by atoms with Gasteiger partial charge in [0.2, 0.25) is 0 Å². The smallest absolute Gasteiger partial charge is 0.265 e. The quantitative estimate of drug-likeness (QED) is 0.776. The second-order valence-electron chi connectivity index (χ2n) is 5.02. The average Bonchev–Trinajstić information content (AvgIpc) is 2.61. The first-order chi connectivity index (χ1) is 12.3. The Kier molecular flexibility index (Phi) is 6.52. The number of hydrogen-bond acceptors (Lipinski definition) is 5. The highest BCUT2D eigenvalue weighted by molar-refractivity contribution is 7.93. The van der Waals surface area contributed by atoms with E-state index in [1.165, 1.54) is 44.6 Å². The van der Waals surface area contributed by atoms with Crippen molar-refractivity contribution in [2.45, 2.75) is 0 Å². The first kappa shape index (κ1) is 20.1. The second kappa shape index (κ2) is 8.44. The zero-order valence-corrected chi connectivity index (χ0v) is 16.2. The number of benzene rings is 2. The first-order valence-electron chi connectivity index (χ1n) is 7.18. The molecule has 2 rings (SSSR count). The lowest BCUT2D eigenvalue weighted by molar-refractivity contribution is 0.0981. The van der Waals surface area contributed by atoms with Crippen LogP contribution in [-0.4, -0.2) is 28.5 Å². The molecule has 0 fully saturated rings. The number of ether oxygens (including phenoxy) is 2. The van der Waals surface area contributed by atoms with Gasteiger partial charge in [-0.25, -0.2) is 13.1 Å². The van der Waals surface area contributed by atoms with Crippen molar-refractivity contribution in [1.29, 1.82) is 0 Å². The molecule has 138 valence electrons. The Hall–Kier alpha value is -2.22. The number of nitrogens with one attached hydrogen (secondary N) is 1. The minimum absolute atomic E-state index is 0.106. The molecule has 0 aromatic heterocycles. The van der Waals surface area contributed by atoms with E-state index < -0.39 is 15.9 Å². The standard InChI is InChI=1S/C17H15Cl2NO5S/c1-24-15-6-4-12(10-16(15)25-2)17(21)20-26(22,23)8-7-11-3-5-13(18)14(19)9-11/h3-10H,1-2H3,(H,20,21)/b8-7+. The van der Waals surface area contributed by atoms with E-state index in [4.69, 9.17) is 32.7 Å². The summed E-state index contributed by atoms with van der Waals surface area (Å²) < 4.78 is 36.3. The minimum Gasteiger partial charge on any atom is -0.493 e. The number of hydrogen-bond donors (Lipinski definition) is 1. The number of halogens is 2. The Morgan fingerprint density at radius 3 is 2.31 bits per heavy atom. The number of methoxy groups -OCH3 is 2. The Bertz CT molecular complexity index is 958. The molecule has 0 saturated heterocycles. The summed E-state index contributed by atoms with van der Waals surface area (Å²) in [6, 6.07) is 8.95. The van der Waals surface area contributed by atoms with Crippen LogP contribution in [0.15, 0.2) is 41.8 Å². The molecule has 1 N–H and O–H groups in total. The van der Waals surface area contributed by atoms with Gasteiger partial charge in [0, 0.05) is 5.56 Å². The largest absolute Gasteiger partial charge is 0.493 e. The summed E-state index contributed by atoms with van der Waals surface area (Å²) in [4.78, 5) is 12.2. The highest BCUT2D eigenvalue weighted by Gasteiger charge is 2.15. The lowest BCUT2D eigenvalue weighted by Gasteiger charge is -2.09.